The van der Waals surface area contributed by atoms with Crippen molar-refractivity contribution in [3.05, 3.63) is 77.7 Å². The Balaban J connectivity index is 1.93. The molecule has 0 bridgehead atoms. The van der Waals surface area contributed by atoms with Crippen LogP contribution in [0.5, 0.6) is 0 Å². The Kier molecular flexibility index (Phi) is 5.59. The summed E-state index contributed by atoms with van der Waals surface area (Å²) in [4.78, 5) is 16.7. The molecule has 0 aliphatic rings. The van der Waals surface area contributed by atoms with Crippen LogP contribution < -0.4 is 5.32 Å². The van der Waals surface area contributed by atoms with Gasteiger partial charge in [-0.2, -0.15) is 13.2 Å². The third-order valence-electron chi connectivity index (χ3n) is 5.18. The van der Waals surface area contributed by atoms with Gasteiger partial charge in [0.2, 0.25) is 0 Å². The van der Waals surface area contributed by atoms with Crippen LogP contribution in [0.1, 0.15) is 29.8 Å². The SMILES string of the molecule is CC(C(F)(F)F)[C@](C)(Cc1ccccc1)NC(=O)c1cnc2c(F)cccc2c1. The first-order valence-electron chi connectivity index (χ1n) is 9.07. The van der Waals surface area contributed by atoms with E-state index in [2.05, 4.69) is 10.3 Å². The number of fused-ring (bicyclic) bond motifs is 1. The zero-order chi connectivity index (χ0) is 21.2. The van der Waals surface area contributed by atoms with E-state index in [0.29, 0.717) is 10.9 Å². The molecule has 1 amide bonds. The third-order valence-corrected chi connectivity index (χ3v) is 5.18. The molecule has 3 rings (SSSR count). The number of nitrogens with zero attached hydrogens (tertiary/aromatic N) is 1. The first-order valence-corrected chi connectivity index (χ1v) is 9.07. The van der Waals surface area contributed by atoms with E-state index in [-0.39, 0.29) is 17.5 Å². The molecular weight excluding hydrogens is 384 g/mol. The van der Waals surface area contributed by atoms with Crippen molar-refractivity contribution >= 4 is 16.8 Å². The average molecular weight is 404 g/mol. The number of rotatable bonds is 5. The number of hydrogen-bond donors (Lipinski definition) is 1. The Labute approximate surface area is 165 Å². The highest BCUT2D eigenvalue weighted by Gasteiger charge is 2.49. The number of nitrogens with one attached hydrogen (secondary N) is 1. The van der Waals surface area contributed by atoms with Gasteiger partial charge in [-0.1, -0.05) is 49.4 Å². The van der Waals surface area contributed by atoms with Gasteiger partial charge in [-0.25, -0.2) is 4.39 Å². The molecule has 1 aromatic heterocycles. The van der Waals surface area contributed by atoms with Crippen molar-refractivity contribution in [3.8, 4) is 0 Å². The lowest BCUT2D eigenvalue weighted by atomic mass is 9.80. The fourth-order valence-corrected chi connectivity index (χ4v) is 3.27. The summed E-state index contributed by atoms with van der Waals surface area (Å²) in [5.41, 5.74) is -0.755. The molecule has 3 nitrogen and oxygen atoms in total. The maximum Gasteiger partial charge on any atom is 0.393 e. The largest absolute Gasteiger partial charge is 0.393 e. The van der Waals surface area contributed by atoms with Gasteiger partial charge >= 0.3 is 6.18 Å². The fraction of sp³-hybridized carbons (Fsp3) is 0.273. The van der Waals surface area contributed by atoms with Gasteiger partial charge in [0.05, 0.1) is 17.0 Å². The molecule has 1 unspecified atom stereocenters. The van der Waals surface area contributed by atoms with Gasteiger partial charge in [-0.15, -0.1) is 0 Å². The highest BCUT2D eigenvalue weighted by atomic mass is 19.4. The van der Waals surface area contributed by atoms with E-state index in [1.165, 1.54) is 31.3 Å². The second-order valence-electron chi connectivity index (χ2n) is 7.33. The molecule has 0 aliphatic heterocycles. The molecule has 0 fully saturated rings. The number of halogens is 4. The normalized spacial score (nSPS) is 15.0. The smallest absolute Gasteiger partial charge is 0.346 e. The Morgan fingerprint density at radius 1 is 1.10 bits per heavy atom. The van der Waals surface area contributed by atoms with Crippen molar-refractivity contribution in [2.24, 2.45) is 5.92 Å². The van der Waals surface area contributed by atoms with Crippen molar-refractivity contribution in [1.82, 2.24) is 10.3 Å². The molecule has 3 aromatic rings. The fourth-order valence-electron chi connectivity index (χ4n) is 3.27. The van der Waals surface area contributed by atoms with Gasteiger partial charge in [0.25, 0.3) is 5.91 Å². The molecule has 0 radical (unpaired) electrons. The molecule has 0 saturated carbocycles. The second kappa shape index (κ2) is 7.81. The average Bonchev–Trinajstić information content (AvgIpc) is 2.67. The standard InChI is InChI=1S/C22H20F4N2O/c1-14(22(24,25)26)21(2,12-15-7-4-3-5-8-15)28-20(29)17-11-16-9-6-10-18(23)19(16)27-13-17/h3-11,13-14H,12H2,1-2H3,(H,28,29)/t14?,21-/m0/s1. The van der Waals surface area contributed by atoms with Crippen molar-refractivity contribution in [2.75, 3.05) is 0 Å². The summed E-state index contributed by atoms with van der Waals surface area (Å²) in [6, 6.07) is 14.4. The lowest BCUT2D eigenvalue weighted by Gasteiger charge is -2.38. The van der Waals surface area contributed by atoms with Gasteiger partial charge < -0.3 is 5.32 Å². The van der Waals surface area contributed by atoms with Crippen molar-refractivity contribution in [2.45, 2.75) is 32.0 Å². The Morgan fingerprint density at radius 2 is 1.79 bits per heavy atom. The van der Waals surface area contributed by atoms with E-state index in [1.807, 2.05) is 0 Å². The summed E-state index contributed by atoms with van der Waals surface area (Å²) < 4.78 is 54.4. The summed E-state index contributed by atoms with van der Waals surface area (Å²) in [5.74, 6) is -3.03. The van der Waals surface area contributed by atoms with Gasteiger partial charge in [0.1, 0.15) is 11.3 Å². The topological polar surface area (TPSA) is 42.0 Å². The molecule has 1 N–H and O–H groups in total. The molecule has 0 saturated heterocycles. The first-order chi connectivity index (χ1) is 13.6. The number of hydrogen-bond acceptors (Lipinski definition) is 2. The predicted molar refractivity (Wildman–Crippen MR) is 103 cm³/mol. The quantitative estimate of drug-likeness (QED) is 0.586. The van der Waals surface area contributed by atoms with Gasteiger partial charge in [0.15, 0.2) is 0 Å². The van der Waals surface area contributed by atoms with Crippen LogP contribution in [0.2, 0.25) is 0 Å². The van der Waals surface area contributed by atoms with Crippen LogP contribution in [0.4, 0.5) is 17.6 Å². The Bertz CT molecular complexity index is 1020. The Hall–Kier alpha value is -2.96. The number of carbonyl (C=O) groups excluding carboxylic acids is 1. The molecule has 1 heterocycles. The number of benzene rings is 2. The number of aromatic nitrogens is 1. The maximum absolute atomic E-state index is 13.8. The lowest BCUT2D eigenvalue weighted by molar-refractivity contribution is -0.187. The van der Waals surface area contributed by atoms with Crippen LogP contribution in [-0.2, 0) is 6.42 Å². The number of pyridine rings is 1. The van der Waals surface area contributed by atoms with Crippen LogP contribution in [-0.4, -0.2) is 22.6 Å². The number of para-hydroxylation sites is 1. The van der Waals surface area contributed by atoms with E-state index in [4.69, 9.17) is 0 Å². The van der Waals surface area contributed by atoms with Gasteiger partial charge in [-0.05, 0) is 31.0 Å². The second-order valence-corrected chi connectivity index (χ2v) is 7.33. The van der Waals surface area contributed by atoms with Crippen LogP contribution in [0.25, 0.3) is 10.9 Å². The number of alkyl halides is 3. The molecule has 0 aliphatic carbocycles. The minimum Gasteiger partial charge on any atom is -0.346 e. The third kappa shape index (κ3) is 4.55. The van der Waals surface area contributed by atoms with Crippen LogP contribution >= 0.6 is 0 Å². The summed E-state index contributed by atoms with van der Waals surface area (Å²) in [5, 5.41) is 2.95. The van der Waals surface area contributed by atoms with E-state index in [9.17, 15) is 22.4 Å². The minimum atomic E-state index is -4.50. The number of amides is 1. The Morgan fingerprint density at radius 3 is 2.45 bits per heavy atom. The van der Waals surface area contributed by atoms with Crippen molar-refractivity contribution in [3.63, 3.8) is 0 Å². The summed E-state index contributed by atoms with van der Waals surface area (Å²) in [6.45, 7) is 2.43. The molecule has 2 atom stereocenters. The summed E-state index contributed by atoms with van der Waals surface area (Å²) in [6.07, 6.45) is -3.33. The van der Waals surface area contributed by atoms with Crippen LogP contribution in [0.15, 0.2) is 60.8 Å². The molecule has 2 aromatic carbocycles. The molecule has 0 spiro atoms. The minimum absolute atomic E-state index is 0.00407. The summed E-state index contributed by atoms with van der Waals surface area (Å²) in [7, 11) is 0. The summed E-state index contributed by atoms with van der Waals surface area (Å²) >= 11 is 0. The van der Waals surface area contributed by atoms with Crippen LogP contribution in [0, 0.1) is 11.7 Å². The van der Waals surface area contributed by atoms with E-state index in [0.717, 1.165) is 6.92 Å². The highest BCUT2D eigenvalue weighted by molar-refractivity contribution is 5.97. The molecule has 7 heteroatoms. The van der Waals surface area contributed by atoms with E-state index >= 15 is 0 Å². The molecule has 152 valence electrons. The molecular formula is C22H20F4N2O. The lowest BCUT2D eigenvalue weighted by Crippen LogP contribution is -2.56. The van der Waals surface area contributed by atoms with E-state index in [1.54, 1.807) is 36.4 Å². The van der Waals surface area contributed by atoms with Crippen molar-refractivity contribution < 1.29 is 22.4 Å². The zero-order valence-corrected chi connectivity index (χ0v) is 15.9. The van der Waals surface area contributed by atoms with Crippen molar-refractivity contribution in [1.29, 1.82) is 0 Å². The van der Waals surface area contributed by atoms with E-state index < -0.39 is 29.4 Å². The maximum atomic E-state index is 13.8. The van der Waals surface area contributed by atoms with Gasteiger partial charge in [0, 0.05) is 11.6 Å². The van der Waals surface area contributed by atoms with Gasteiger partial charge in [-0.3, -0.25) is 9.78 Å². The monoisotopic (exact) mass is 404 g/mol. The van der Waals surface area contributed by atoms with Crippen LogP contribution in [0.3, 0.4) is 0 Å². The first kappa shape index (κ1) is 20.8. The number of carbonyl (C=O) groups is 1. The molecule has 29 heavy (non-hydrogen) atoms. The zero-order valence-electron chi connectivity index (χ0n) is 15.9. The highest BCUT2D eigenvalue weighted by Crippen LogP contribution is 2.36. The predicted octanol–water partition coefficient (Wildman–Crippen LogP) is 5.30.